The minimum absolute atomic E-state index is 0.446. The lowest BCUT2D eigenvalue weighted by molar-refractivity contribution is -0.901. The molecule has 0 radical (unpaired) electrons. The van der Waals surface area contributed by atoms with Crippen molar-refractivity contribution in [3.63, 3.8) is 0 Å². The molecule has 1 heterocycles. The van der Waals surface area contributed by atoms with Crippen LogP contribution in [-0.2, 0) is 6.54 Å². The average molecular weight is 178 g/mol. The molecule has 1 aromatic carbocycles. The minimum Gasteiger partial charge on any atom is -0.507 e. The Morgan fingerprint density at radius 3 is 2.54 bits per heavy atom. The summed E-state index contributed by atoms with van der Waals surface area (Å²) in [6.07, 6.45) is 2.67. The van der Waals surface area contributed by atoms with Crippen molar-refractivity contribution < 1.29 is 10.0 Å². The van der Waals surface area contributed by atoms with E-state index in [9.17, 15) is 5.11 Å². The highest BCUT2D eigenvalue weighted by atomic mass is 16.3. The Morgan fingerprint density at radius 1 is 1.15 bits per heavy atom. The van der Waals surface area contributed by atoms with Crippen LogP contribution in [0.1, 0.15) is 18.4 Å². The Labute approximate surface area is 78.8 Å². The number of aromatic hydroxyl groups is 1. The van der Waals surface area contributed by atoms with E-state index >= 15 is 0 Å². The Kier molecular flexibility index (Phi) is 2.50. The number of phenolic OH excluding ortho intramolecular Hbond substituents is 1. The van der Waals surface area contributed by atoms with Crippen molar-refractivity contribution in [2.45, 2.75) is 19.4 Å². The van der Waals surface area contributed by atoms with Crippen LogP contribution in [0.2, 0.25) is 0 Å². The van der Waals surface area contributed by atoms with Gasteiger partial charge in [0.05, 0.1) is 13.1 Å². The van der Waals surface area contributed by atoms with Gasteiger partial charge in [-0.25, -0.2) is 0 Å². The maximum absolute atomic E-state index is 9.56. The van der Waals surface area contributed by atoms with E-state index in [-0.39, 0.29) is 0 Å². The van der Waals surface area contributed by atoms with Crippen LogP contribution in [0.15, 0.2) is 24.3 Å². The quantitative estimate of drug-likeness (QED) is 0.680. The smallest absolute Gasteiger partial charge is 0.124 e. The first-order valence-electron chi connectivity index (χ1n) is 4.97. The predicted octanol–water partition coefficient (Wildman–Crippen LogP) is 0.571. The zero-order valence-corrected chi connectivity index (χ0v) is 7.79. The maximum Gasteiger partial charge on any atom is 0.124 e. The lowest BCUT2D eigenvalue weighted by Crippen LogP contribution is -3.08. The summed E-state index contributed by atoms with van der Waals surface area (Å²) in [5, 5.41) is 9.56. The molecule has 0 unspecified atom stereocenters. The van der Waals surface area contributed by atoms with Crippen LogP contribution in [0.3, 0.4) is 0 Å². The van der Waals surface area contributed by atoms with E-state index < -0.39 is 0 Å². The summed E-state index contributed by atoms with van der Waals surface area (Å²) in [4.78, 5) is 1.60. The fourth-order valence-corrected chi connectivity index (χ4v) is 1.98. The summed E-state index contributed by atoms with van der Waals surface area (Å²) in [5.74, 6) is 0.446. The van der Waals surface area contributed by atoms with Crippen molar-refractivity contribution in [1.29, 1.82) is 0 Å². The van der Waals surface area contributed by atoms with Crippen LogP contribution in [0, 0.1) is 0 Å². The highest BCUT2D eigenvalue weighted by Crippen LogP contribution is 2.14. The summed E-state index contributed by atoms with van der Waals surface area (Å²) >= 11 is 0. The van der Waals surface area contributed by atoms with E-state index in [4.69, 9.17) is 0 Å². The van der Waals surface area contributed by atoms with Gasteiger partial charge in [0.1, 0.15) is 12.3 Å². The minimum atomic E-state index is 0.446. The van der Waals surface area contributed by atoms with Crippen molar-refractivity contribution in [2.75, 3.05) is 13.1 Å². The zero-order chi connectivity index (χ0) is 9.10. The Morgan fingerprint density at radius 2 is 1.85 bits per heavy atom. The van der Waals surface area contributed by atoms with E-state index in [0.717, 1.165) is 12.1 Å². The molecule has 2 rings (SSSR count). The number of rotatable bonds is 2. The van der Waals surface area contributed by atoms with Crippen molar-refractivity contribution >= 4 is 0 Å². The standard InChI is InChI=1S/C11H15NO/c13-11-6-2-1-5-10(11)9-12-7-3-4-8-12/h1-2,5-6,13H,3-4,7-9H2/p+1. The summed E-state index contributed by atoms with van der Waals surface area (Å²) in [7, 11) is 0. The third-order valence-corrected chi connectivity index (χ3v) is 2.74. The van der Waals surface area contributed by atoms with Crippen LogP contribution in [0.4, 0.5) is 0 Å². The molecule has 70 valence electrons. The molecule has 1 aliphatic rings. The monoisotopic (exact) mass is 178 g/mol. The van der Waals surface area contributed by atoms with Crippen LogP contribution >= 0.6 is 0 Å². The van der Waals surface area contributed by atoms with Gasteiger partial charge in [-0.1, -0.05) is 12.1 Å². The van der Waals surface area contributed by atoms with Crippen molar-refractivity contribution in [3.8, 4) is 5.75 Å². The molecular formula is C11H16NO+. The molecular weight excluding hydrogens is 162 g/mol. The fraction of sp³-hybridized carbons (Fsp3) is 0.455. The van der Waals surface area contributed by atoms with Crippen molar-refractivity contribution in [2.24, 2.45) is 0 Å². The molecule has 0 spiro atoms. The van der Waals surface area contributed by atoms with Gasteiger partial charge >= 0.3 is 0 Å². The first kappa shape index (κ1) is 8.57. The highest BCUT2D eigenvalue weighted by molar-refractivity contribution is 5.30. The third kappa shape index (κ3) is 2.01. The van der Waals surface area contributed by atoms with E-state index in [1.165, 1.54) is 25.9 Å². The van der Waals surface area contributed by atoms with Gasteiger partial charge in [0.2, 0.25) is 0 Å². The van der Waals surface area contributed by atoms with Gasteiger partial charge in [-0.3, -0.25) is 0 Å². The number of para-hydroxylation sites is 1. The van der Waals surface area contributed by atoms with E-state index in [2.05, 4.69) is 0 Å². The van der Waals surface area contributed by atoms with E-state index in [0.29, 0.717) is 5.75 Å². The molecule has 0 aliphatic carbocycles. The van der Waals surface area contributed by atoms with Gasteiger partial charge in [-0.05, 0) is 12.1 Å². The second kappa shape index (κ2) is 3.79. The number of quaternary nitrogens is 1. The third-order valence-electron chi connectivity index (χ3n) is 2.74. The average Bonchev–Trinajstić information content (AvgIpc) is 2.61. The first-order valence-corrected chi connectivity index (χ1v) is 4.97. The first-order chi connectivity index (χ1) is 6.36. The maximum atomic E-state index is 9.56. The molecule has 0 amide bonds. The molecule has 1 aromatic rings. The second-order valence-electron chi connectivity index (χ2n) is 3.76. The second-order valence-corrected chi connectivity index (χ2v) is 3.76. The molecule has 0 aromatic heterocycles. The molecule has 1 fully saturated rings. The van der Waals surface area contributed by atoms with Crippen LogP contribution in [0.5, 0.6) is 5.75 Å². The van der Waals surface area contributed by atoms with E-state index in [1.54, 1.807) is 11.0 Å². The Hall–Kier alpha value is -1.02. The summed E-state index contributed by atoms with van der Waals surface area (Å²) in [5.41, 5.74) is 1.08. The fourth-order valence-electron chi connectivity index (χ4n) is 1.98. The Bertz CT molecular complexity index is 279. The lowest BCUT2D eigenvalue weighted by atomic mass is 10.2. The number of nitrogens with one attached hydrogen (secondary N) is 1. The summed E-state index contributed by atoms with van der Waals surface area (Å²) in [6.45, 7) is 3.50. The molecule has 1 saturated heterocycles. The van der Waals surface area contributed by atoms with Gasteiger partial charge in [-0.2, -0.15) is 0 Å². The Balaban J connectivity index is 2.04. The molecule has 1 aliphatic heterocycles. The largest absolute Gasteiger partial charge is 0.507 e. The molecule has 2 N–H and O–H groups in total. The number of phenols is 1. The van der Waals surface area contributed by atoms with Gasteiger partial charge in [0.25, 0.3) is 0 Å². The van der Waals surface area contributed by atoms with Gasteiger partial charge in [0.15, 0.2) is 0 Å². The van der Waals surface area contributed by atoms with E-state index in [1.807, 2.05) is 18.2 Å². The number of likely N-dealkylation sites (tertiary alicyclic amines) is 1. The van der Waals surface area contributed by atoms with Crippen LogP contribution in [-0.4, -0.2) is 18.2 Å². The molecule has 0 saturated carbocycles. The summed E-state index contributed by atoms with van der Waals surface area (Å²) in [6, 6.07) is 7.65. The molecule has 13 heavy (non-hydrogen) atoms. The summed E-state index contributed by atoms with van der Waals surface area (Å²) < 4.78 is 0. The normalized spacial score (nSPS) is 17.8. The topological polar surface area (TPSA) is 24.7 Å². The number of hydrogen-bond acceptors (Lipinski definition) is 1. The SMILES string of the molecule is Oc1ccccc1C[NH+]1CCCC1. The van der Waals surface area contributed by atoms with Crippen LogP contribution in [0.25, 0.3) is 0 Å². The lowest BCUT2D eigenvalue weighted by Gasteiger charge is -2.12. The van der Waals surface area contributed by atoms with Crippen molar-refractivity contribution in [3.05, 3.63) is 29.8 Å². The predicted molar refractivity (Wildman–Crippen MR) is 51.7 cm³/mol. The van der Waals surface area contributed by atoms with Gasteiger partial charge < -0.3 is 10.0 Å². The van der Waals surface area contributed by atoms with Gasteiger partial charge in [-0.15, -0.1) is 0 Å². The van der Waals surface area contributed by atoms with Gasteiger partial charge in [0, 0.05) is 18.4 Å². The molecule has 0 atom stereocenters. The molecule has 0 bridgehead atoms. The molecule has 2 heteroatoms. The van der Waals surface area contributed by atoms with Crippen LogP contribution < -0.4 is 4.90 Å². The highest BCUT2D eigenvalue weighted by Gasteiger charge is 2.16. The zero-order valence-electron chi connectivity index (χ0n) is 7.79. The molecule has 2 nitrogen and oxygen atoms in total. The number of hydrogen-bond donors (Lipinski definition) is 2. The number of benzene rings is 1. The van der Waals surface area contributed by atoms with Crippen molar-refractivity contribution in [1.82, 2.24) is 0 Å².